The van der Waals surface area contributed by atoms with Gasteiger partial charge in [0.25, 0.3) is 5.91 Å². The molecule has 7 heteroatoms. The highest BCUT2D eigenvalue weighted by molar-refractivity contribution is 14.1. The molecule has 0 atom stereocenters. The average molecular weight is 478 g/mol. The lowest BCUT2D eigenvalue weighted by molar-refractivity contribution is -0.123. The molecule has 1 aromatic carbocycles. The molecule has 0 bridgehead atoms. The van der Waals surface area contributed by atoms with Gasteiger partial charge in [0.1, 0.15) is 11.4 Å². The van der Waals surface area contributed by atoms with Crippen LogP contribution >= 0.6 is 22.6 Å². The molecule has 27 heavy (non-hydrogen) atoms. The second-order valence-electron chi connectivity index (χ2n) is 7.39. The molecule has 2 heterocycles. The Bertz CT molecular complexity index is 865. The summed E-state index contributed by atoms with van der Waals surface area (Å²) >= 11 is 2.20. The molecule has 0 saturated carbocycles. The highest BCUT2D eigenvalue weighted by Crippen LogP contribution is 2.33. The van der Waals surface area contributed by atoms with Gasteiger partial charge < -0.3 is 10.2 Å². The maximum Gasteiger partial charge on any atom is 0.332 e. The van der Waals surface area contributed by atoms with Crippen molar-refractivity contribution in [1.82, 2.24) is 9.88 Å². The second-order valence-corrected chi connectivity index (χ2v) is 8.64. The van der Waals surface area contributed by atoms with E-state index < -0.39 is 5.54 Å². The number of rotatable bonds is 5. The Kier molecular flexibility index (Phi) is 5.41. The monoisotopic (exact) mass is 478 g/mol. The van der Waals surface area contributed by atoms with Crippen LogP contribution in [0.2, 0.25) is 0 Å². The first-order valence-electron chi connectivity index (χ1n) is 8.83. The molecule has 1 fully saturated rings. The van der Waals surface area contributed by atoms with Gasteiger partial charge in [-0.25, -0.2) is 14.7 Å². The van der Waals surface area contributed by atoms with Crippen LogP contribution < -0.4 is 10.2 Å². The second kappa shape index (κ2) is 7.46. The molecule has 0 aliphatic carbocycles. The van der Waals surface area contributed by atoms with Crippen molar-refractivity contribution in [3.8, 4) is 0 Å². The van der Waals surface area contributed by atoms with Crippen LogP contribution in [0.15, 0.2) is 42.6 Å². The van der Waals surface area contributed by atoms with Gasteiger partial charge in [0.2, 0.25) is 0 Å². The van der Waals surface area contributed by atoms with Crippen molar-refractivity contribution < 1.29 is 9.59 Å². The number of amides is 3. The minimum atomic E-state index is -0.922. The average Bonchev–Trinajstić information content (AvgIpc) is 2.76. The van der Waals surface area contributed by atoms with Gasteiger partial charge in [-0.3, -0.25) is 4.79 Å². The number of benzene rings is 1. The zero-order valence-corrected chi connectivity index (χ0v) is 18.0. The highest BCUT2D eigenvalue weighted by Gasteiger charge is 2.51. The van der Waals surface area contributed by atoms with Gasteiger partial charge in [-0.1, -0.05) is 0 Å². The first-order valence-corrected chi connectivity index (χ1v) is 9.91. The van der Waals surface area contributed by atoms with Crippen LogP contribution in [-0.2, 0) is 11.3 Å². The third-order valence-corrected chi connectivity index (χ3v) is 5.23. The molecule has 1 aromatic heterocycles. The molecular formula is C20H23IN4O2. The number of nitrogens with one attached hydrogen (secondary N) is 1. The lowest BCUT2D eigenvalue weighted by atomic mass is 10.0. The molecule has 1 aliphatic rings. The van der Waals surface area contributed by atoms with Crippen molar-refractivity contribution in [2.24, 2.45) is 0 Å². The fraction of sp³-hybridized carbons (Fsp3) is 0.350. The summed E-state index contributed by atoms with van der Waals surface area (Å²) in [6, 6.07) is 11.1. The number of hydrogen-bond acceptors (Lipinski definition) is 4. The molecule has 1 N–H and O–H groups in total. The van der Waals surface area contributed by atoms with Crippen LogP contribution in [0.25, 0.3) is 0 Å². The summed E-state index contributed by atoms with van der Waals surface area (Å²) < 4.78 is 1.05. The number of hydrogen-bond donors (Lipinski definition) is 1. The Morgan fingerprint density at radius 3 is 2.44 bits per heavy atom. The molecule has 2 aromatic rings. The van der Waals surface area contributed by atoms with E-state index in [2.05, 4.69) is 32.9 Å². The van der Waals surface area contributed by atoms with Gasteiger partial charge in [-0.2, -0.15) is 0 Å². The zero-order valence-electron chi connectivity index (χ0n) is 15.9. The SMILES string of the molecule is CC(C)Nc1cc(CN2C(=O)N(c3ccc(I)cc3)C(=O)C2(C)C)ccn1. The Hall–Kier alpha value is -2.16. The van der Waals surface area contributed by atoms with E-state index in [-0.39, 0.29) is 18.0 Å². The Balaban J connectivity index is 1.88. The van der Waals surface area contributed by atoms with Gasteiger partial charge in [-0.05, 0) is 92.2 Å². The third kappa shape index (κ3) is 3.92. The summed E-state index contributed by atoms with van der Waals surface area (Å²) in [5, 5.41) is 3.26. The first kappa shape index (κ1) is 19.6. The van der Waals surface area contributed by atoms with E-state index >= 15 is 0 Å². The molecule has 0 radical (unpaired) electrons. The number of nitrogens with zero attached hydrogens (tertiary/aromatic N) is 3. The Labute approximate surface area is 173 Å². The molecular weight excluding hydrogens is 455 g/mol. The summed E-state index contributed by atoms with van der Waals surface area (Å²) in [6.45, 7) is 7.99. The van der Waals surface area contributed by atoms with Crippen molar-refractivity contribution in [3.05, 3.63) is 51.7 Å². The fourth-order valence-electron chi connectivity index (χ4n) is 3.05. The lowest BCUT2D eigenvalue weighted by Gasteiger charge is -2.27. The Morgan fingerprint density at radius 2 is 1.81 bits per heavy atom. The molecule has 3 amide bonds. The van der Waals surface area contributed by atoms with Gasteiger partial charge in [0.15, 0.2) is 0 Å². The predicted octanol–water partition coefficient (Wildman–Crippen LogP) is 4.25. The van der Waals surface area contributed by atoms with Gasteiger partial charge in [0, 0.05) is 22.4 Å². The topological polar surface area (TPSA) is 65.5 Å². The number of anilines is 2. The summed E-state index contributed by atoms with van der Waals surface area (Å²) in [6.07, 6.45) is 1.71. The number of urea groups is 1. The number of imide groups is 1. The predicted molar refractivity (Wildman–Crippen MR) is 115 cm³/mol. The molecule has 0 unspecified atom stereocenters. The maximum atomic E-state index is 13.1. The van der Waals surface area contributed by atoms with Crippen molar-refractivity contribution in [3.63, 3.8) is 0 Å². The van der Waals surface area contributed by atoms with Crippen LogP contribution in [0.1, 0.15) is 33.3 Å². The van der Waals surface area contributed by atoms with E-state index in [1.165, 1.54) is 4.90 Å². The van der Waals surface area contributed by atoms with Gasteiger partial charge in [0.05, 0.1) is 5.69 Å². The number of halogens is 1. The van der Waals surface area contributed by atoms with E-state index in [1.807, 2.05) is 38.1 Å². The van der Waals surface area contributed by atoms with Crippen molar-refractivity contribution in [2.45, 2.75) is 45.8 Å². The van der Waals surface area contributed by atoms with Gasteiger partial charge >= 0.3 is 6.03 Å². The highest BCUT2D eigenvalue weighted by atomic mass is 127. The summed E-state index contributed by atoms with van der Waals surface area (Å²) in [4.78, 5) is 33.2. The van der Waals surface area contributed by atoms with E-state index in [4.69, 9.17) is 0 Å². The summed E-state index contributed by atoms with van der Waals surface area (Å²) in [5.41, 5.74) is 0.597. The minimum Gasteiger partial charge on any atom is -0.368 e. The molecule has 0 spiro atoms. The van der Waals surface area contributed by atoms with Crippen LogP contribution in [0.5, 0.6) is 0 Å². The lowest BCUT2D eigenvalue weighted by Crippen LogP contribution is -2.43. The molecule has 6 nitrogen and oxygen atoms in total. The normalized spacial score (nSPS) is 16.4. The van der Waals surface area contributed by atoms with Crippen LogP contribution in [0.4, 0.5) is 16.3 Å². The van der Waals surface area contributed by atoms with E-state index in [9.17, 15) is 9.59 Å². The first-order chi connectivity index (χ1) is 12.7. The third-order valence-electron chi connectivity index (χ3n) is 4.51. The van der Waals surface area contributed by atoms with E-state index in [0.29, 0.717) is 12.2 Å². The molecule has 142 valence electrons. The number of pyridine rings is 1. The van der Waals surface area contributed by atoms with Crippen LogP contribution in [0, 0.1) is 3.57 Å². The zero-order chi connectivity index (χ0) is 19.8. The molecule has 1 saturated heterocycles. The van der Waals surface area contributed by atoms with Crippen LogP contribution in [-0.4, -0.2) is 33.4 Å². The maximum absolute atomic E-state index is 13.1. The standard InChI is InChI=1S/C20H23IN4O2/c1-13(2)23-17-11-14(9-10-22-17)12-24-19(27)25(18(26)20(24,3)4)16-7-5-15(21)6-8-16/h5-11,13H,12H2,1-4H3,(H,22,23). The fourth-order valence-corrected chi connectivity index (χ4v) is 3.41. The number of aromatic nitrogens is 1. The van der Waals surface area contributed by atoms with Crippen LogP contribution in [0.3, 0.4) is 0 Å². The number of carbonyl (C=O) groups excluding carboxylic acids is 2. The minimum absolute atomic E-state index is 0.219. The number of carbonyl (C=O) groups is 2. The quantitative estimate of drug-likeness (QED) is 0.516. The van der Waals surface area contributed by atoms with E-state index in [1.54, 1.807) is 37.1 Å². The Morgan fingerprint density at radius 1 is 1.15 bits per heavy atom. The van der Waals surface area contributed by atoms with Crippen molar-refractivity contribution >= 4 is 46.0 Å². The van der Waals surface area contributed by atoms with Crippen molar-refractivity contribution in [1.29, 1.82) is 0 Å². The molecule has 1 aliphatic heterocycles. The molecule has 3 rings (SSSR count). The van der Waals surface area contributed by atoms with E-state index in [0.717, 1.165) is 15.0 Å². The van der Waals surface area contributed by atoms with Gasteiger partial charge in [-0.15, -0.1) is 0 Å². The van der Waals surface area contributed by atoms with Crippen molar-refractivity contribution in [2.75, 3.05) is 10.2 Å². The summed E-state index contributed by atoms with van der Waals surface area (Å²) in [7, 11) is 0. The summed E-state index contributed by atoms with van der Waals surface area (Å²) in [5.74, 6) is 0.538. The largest absolute Gasteiger partial charge is 0.368 e. The smallest absolute Gasteiger partial charge is 0.332 e.